The van der Waals surface area contributed by atoms with E-state index in [-0.39, 0.29) is 36.3 Å². The molecular weight excluding hydrogens is 566 g/mol. The highest BCUT2D eigenvalue weighted by Gasteiger charge is 2.79. The number of fused-ring (bicyclic) bond motifs is 1. The number of carbonyl (C=O) groups excluding carboxylic acids is 3. The lowest BCUT2D eigenvalue weighted by Crippen LogP contribution is -2.61. The van der Waals surface area contributed by atoms with Crippen LogP contribution >= 0.6 is 0 Å². The van der Waals surface area contributed by atoms with Gasteiger partial charge in [-0.05, 0) is 43.6 Å². The molecular formula is C37H53N3O5. The number of hydrogen-bond acceptors (Lipinski definition) is 5. The number of ether oxygens (including phenoxy) is 1. The number of aliphatic hydroxyl groups is 1. The molecule has 3 aliphatic heterocycles. The fourth-order valence-electron chi connectivity index (χ4n) is 8.98. The van der Waals surface area contributed by atoms with Crippen LogP contribution in [0.15, 0.2) is 55.6 Å². The van der Waals surface area contributed by atoms with E-state index in [9.17, 15) is 14.7 Å². The quantitative estimate of drug-likeness (QED) is 0.293. The third-order valence-corrected chi connectivity index (χ3v) is 11.5. The Morgan fingerprint density at radius 3 is 2.36 bits per heavy atom. The zero-order chi connectivity index (χ0) is 32.4. The molecule has 4 fully saturated rings. The van der Waals surface area contributed by atoms with Crippen LogP contribution in [0.2, 0.25) is 0 Å². The first-order valence-corrected chi connectivity index (χ1v) is 17.2. The second kappa shape index (κ2) is 13.8. The van der Waals surface area contributed by atoms with Gasteiger partial charge in [-0.1, -0.05) is 88.9 Å². The summed E-state index contributed by atoms with van der Waals surface area (Å²) in [7, 11) is 0. The summed E-state index contributed by atoms with van der Waals surface area (Å²) >= 11 is 0. The van der Waals surface area contributed by atoms with Gasteiger partial charge in [0.05, 0.1) is 30.1 Å². The topological polar surface area (TPSA) is 90.4 Å². The minimum atomic E-state index is -1.13. The summed E-state index contributed by atoms with van der Waals surface area (Å²) in [6.45, 7) is 14.8. The molecule has 0 radical (unpaired) electrons. The van der Waals surface area contributed by atoms with Gasteiger partial charge in [-0.2, -0.15) is 0 Å². The first kappa shape index (κ1) is 33.4. The maximum absolute atomic E-state index is 15.0. The largest absolute Gasteiger partial charge is 0.394 e. The monoisotopic (exact) mass is 619 g/mol. The maximum Gasteiger partial charge on any atom is 0.248 e. The molecule has 3 heterocycles. The highest BCUT2D eigenvalue weighted by molar-refractivity contribution is 5.99. The van der Waals surface area contributed by atoms with Gasteiger partial charge in [0.25, 0.3) is 0 Å². The fraction of sp³-hybridized carbons (Fsp3) is 0.649. The first-order chi connectivity index (χ1) is 21.7. The van der Waals surface area contributed by atoms with Crippen LogP contribution in [0.1, 0.15) is 84.1 Å². The Kier molecular flexibility index (Phi) is 10.2. The van der Waals surface area contributed by atoms with E-state index in [0.29, 0.717) is 38.9 Å². The third-order valence-electron chi connectivity index (χ3n) is 11.5. The molecule has 1 saturated carbocycles. The van der Waals surface area contributed by atoms with Crippen molar-refractivity contribution in [2.45, 2.75) is 114 Å². The van der Waals surface area contributed by atoms with E-state index in [4.69, 9.17) is 4.74 Å². The second-order valence-electron chi connectivity index (χ2n) is 13.8. The van der Waals surface area contributed by atoms with Crippen molar-refractivity contribution in [1.29, 1.82) is 0 Å². The van der Waals surface area contributed by atoms with Crippen LogP contribution in [-0.2, 0) is 25.7 Å². The number of aliphatic hydroxyl groups excluding tert-OH is 1. The van der Waals surface area contributed by atoms with Gasteiger partial charge in [0.2, 0.25) is 17.7 Å². The molecule has 8 nitrogen and oxygen atoms in total. The average Bonchev–Trinajstić information content (AvgIpc) is 3.67. The molecule has 1 N–H and O–H groups in total. The molecule has 3 amide bonds. The molecule has 3 saturated heterocycles. The zero-order valence-corrected chi connectivity index (χ0v) is 27.5. The summed E-state index contributed by atoms with van der Waals surface area (Å²) < 4.78 is 7.10. The SMILES string of the molecule is C=CCN(Cc1ccccc1)C(=O)[C@@H]1[C@H]2C(=O)N([C@@H](CO)[C@@H](C)CC)C(C(=O)N(CC=C)C3CCCCC3)C23CC[C@@]1(CC)O3. The van der Waals surface area contributed by atoms with Crippen molar-refractivity contribution < 1.29 is 24.2 Å². The van der Waals surface area contributed by atoms with Gasteiger partial charge in [-0.25, -0.2) is 0 Å². The third kappa shape index (κ3) is 5.67. The van der Waals surface area contributed by atoms with Crippen molar-refractivity contribution in [3.8, 4) is 0 Å². The van der Waals surface area contributed by atoms with E-state index < -0.39 is 35.1 Å². The van der Waals surface area contributed by atoms with Gasteiger partial charge in [0, 0.05) is 25.7 Å². The lowest BCUT2D eigenvalue weighted by atomic mass is 9.64. The van der Waals surface area contributed by atoms with Crippen LogP contribution in [-0.4, -0.2) is 86.6 Å². The molecule has 2 bridgehead atoms. The average molecular weight is 620 g/mol. The molecule has 7 atom stereocenters. The van der Waals surface area contributed by atoms with Crippen molar-refractivity contribution in [3.05, 3.63) is 61.2 Å². The summed E-state index contributed by atoms with van der Waals surface area (Å²) in [5.41, 5.74) is -0.974. The van der Waals surface area contributed by atoms with Crippen LogP contribution in [0, 0.1) is 17.8 Å². The lowest BCUT2D eigenvalue weighted by Gasteiger charge is -2.43. The lowest BCUT2D eigenvalue weighted by molar-refractivity contribution is -0.160. The minimum absolute atomic E-state index is 0.0474. The number of likely N-dealkylation sites (tertiary alicyclic amines) is 1. The molecule has 1 aromatic rings. The second-order valence-corrected chi connectivity index (χ2v) is 13.8. The molecule has 1 spiro atoms. The Hall–Kier alpha value is -2.97. The highest BCUT2D eigenvalue weighted by atomic mass is 16.5. The molecule has 1 aromatic carbocycles. The maximum atomic E-state index is 15.0. The number of rotatable bonds is 14. The van der Waals surface area contributed by atoms with Crippen LogP contribution in [0.3, 0.4) is 0 Å². The van der Waals surface area contributed by atoms with E-state index in [1.165, 1.54) is 0 Å². The molecule has 0 aromatic heterocycles. The molecule has 1 aliphatic carbocycles. The Bertz CT molecular complexity index is 1250. The van der Waals surface area contributed by atoms with Gasteiger partial charge >= 0.3 is 0 Å². The van der Waals surface area contributed by atoms with Gasteiger partial charge in [0.15, 0.2) is 0 Å². The molecule has 8 heteroatoms. The standard InChI is InChI=1S/C37H53N3O5/c1-6-22-38(24-27-16-12-10-13-17-27)33(42)30-31-34(43)40(29(25-41)26(5)8-3)32(37(31)21-20-36(30,9-4)45-37)35(44)39(23-7-2)28-18-14-11-15-19-28/h6-7,10,12-13,16-17,26,28-32,41H,1-2,8-9,11,14-15,18-25H2,3-5H3/t26-,29-,30-,31-,32?,36+,37?/m0/s1. The molecule has 4 aliphatic rings. The molecule has 45 heavy (non-hydrogen) atoms. The number of hydrogen-bond donors (Lipinski definition) is 1. The van der Waals surface area contributed by atoms with Crippen molar-refractivity contribution in [1.82, 2.24) is 14.7 Å². The summed E-state index contributed by atoms with van der Waals surface area (Å²) in [6.07, 6.45) is 11.0. The Balaban J connectivity index is 1.60. The van der Waals surface area contributed by atoms with Crippen molar-refractivity contribution in [3.63, 3.8) is 0 Å². The number of nitrogens with zero attached hydrogens (tertiary/aromatic N) is 3. The molecule has 246 valence electrons. The normalized spacial score (nSPS) is 30.5. The van der Waals surface area contributed by atoms with Gasteiger partial charge in [0.1, 0.15) is 11.6 Å². The zero-order valence-electron chi connectivity index (χ0n) is 27.5. The van der Waals surface area contributed by atoms with Crippen molar-refractivity contribution in [2.75, 3.05) is 19.7 Å². The minimum Gasteiger partial charge on any atom is -0.394 e. The predicted octanol–water partition coefficient (Wildman–Crippen LogP) is 5.11. The summed E-state index contributed by atoms with van der Waals surface area (Å²) in [4.78, 5) is 50.0. The van der Waals surface area contributed by atoms with E-state index in [2.05, 4.69) is 13.2 Å². The predicted molar refractivity (Wildman–Crippen MR) is 175 cm³/mol. The van der Waals surface area contributed by atoms with Crippen molar-refractivity contribution >= 4 is 17.7 Å². The van der Waals surface area contributed by atoms with E-state index in [0.717, 1.165) is 44.1 Å². The number of amides is 3. The van der Waals surface area contributed by atoms with Crippen LogP contribution in [0.5, 0.6) is 0 Å². The van der Waals surface area contributed by atoms with Crippen molar-refractivity contribution in [2.24, 2.45) is 17.8 Å². The van der Waals surface area contributed by atoms with Gasteiger partial charge in [-0.15, -0.1) is 13.2 Å². The molecule has 2 unspecified atom stereocenters. The number of carbonyl (C=O) groups is 3. The van der Waals surface area contributed by atoms with E-state index >= 15 is 4.79 Å². The smallest absolute Gasteiger partial charge is 0.248 e. The summed E-state index contributed by atoms with van der Waals surface area (Å²) in [6, 6.07) is 8.44. The molecule has 5 rings (SSSR count). The van der Waals surface area contributed by atoms with E-state index in [1.807, 2.05) is 56.0 Å². The first-order valence-electron chi connectivity index (χ1n) is 17.2. The van der Waals surface area contributed by atoms with Crippen LogP contribution in [0.25, 0.3) is 0 Å². The Morgan fingerprint density at radius 2 is 1.76 bits per heavy atom. The fourth-order valence-corrected chi connectivity index (χ4v) is 8.98. The summed E-state index contributed by atoms with van der Waals surface area (Å²) in [5, 5.41) is 10.8. The van der Waals surface area contributed by atoms with Gasteiger partial charge in [-0.3, -0.25) is 14.4 Å². The van der Waals surface area contributed by atoms with Gasteiger partial charge < -0.3 is 24.5 Å². The van der Waals surface area contributed by atoms with Crippen LogP contribution in [0.4, 0.5) is 0 Å². The van der Waals surface area contributed by atoms with E-state index in [1.54, 1.807) is 22.0 Å². The summed E-state index contributed by atoms with van der Waals surface area (Å²) in [5.74, 6) is -2.08. The highest BCUT2D eigenvalue weighted by Crippen LogP contribution is 2.65. The Labute approximate surface area is 269 Å². The number of benzene rings is 1. The Morgan fingerprint density at radius 1 is 1.07 bits per heavy atom. The van der Waals surface area contributed by atoms with Crippen LogP contribution < -0.4 is 0 Å².